The Hall–Kier alpha value is -2.11. The lowest BCUT2D eigenvalue weighted by atomic mass is 9.77. The first-order chi connectivity index (χ1) is 11.6. The third-order valence-corrected chi connectivity index (χ3v) is 5.69. The Kier molecular flexibility index (Phi) is 3.70. The van der Waals surface area contributed by atoms with E-state index in [9.17, 15) is 4.79 Å². The summed E-state index contributed by atoms with van der Waals surface area (Å²) < 4.78 is 1.94. The summed E-state index contributed by atoms with van der Waals surface area (Å²) in [6.07, 6.45) is 6.92. The molecular weight excluding hydrogens is 302 g/mol. The zero-order valence-electron chi connectivity index (χ0n) is 14.5. The molecule has 2 aromatic heterocycles. The molecule has 2 aliphatic rings. The Morgan fingerprint density at radius 1 is 1.38 bits per heavy atom. The van der Waals surface area contributed by atoms with Crippen LogP contribution in [-0.2, 0) is 23.2 Å². The minimum atomic E-state index is 0.109. The molecule has 0 radical (unpaired) electrons. The van der Waals surface area contributed by atoms with Gasteiger partial charge in [-0.1, -0.05) is 0 Å². The van der Waals surface area contributed by atoms with Gasteiger partial charge in [0.1, 0.15) is 0 Å². The first-order valence-electron chi connectivity index (χ1n) is 8.89. The summed E-state index contributed by atoms with van der Waals surface area (Å²) in [6, 6.07) is 2.05. The molecule has 128 valence electrons. The molecule has 1 N–H and O–H groups in total. The Morgan fingerprint density at radius 2 is 2.25 bits per heavy atom. The minimum Gasteiger partial charge on any atom is -0.342 e. The molecule has 0 saturated carbocycles. The summed E-state index contributed by atoms with van der Waals surface area (Å²) in [5.74, 6) is 0.245. The zero-order valence-corrected chi connectivity index (χ0v) is 14.5. The van der Waals surface area contributed by atoms with Gasteiger partial charge in [-0.05, 0) is 51.2 Å². The molecule has 1 amide bonds. The van der Waals surface area contributed by atoms with Gasteiger partial charge in [0.05, 0.1) is 11.9 Å². The summed E-state index contributed by atoms with van der Waals surface area (Å²) >= 11 is 0. The second kappa shape index (κ2) is 5.76. The highest BCUT2D eigenvalue weighted by Gasteiger charge is 2.44. The van der Waals surface area contributed by atoms with Gasteiger partial charge in [-0.25, -0.2) is 0 Å². The zero-order chi connectivity index (χ0) is 16.7. The van der Waals surface area contributed by atoms with E-state index >= 15 is 0 Å². The number of carbonyl (C=O) groups excluding carboxylic acids is 1. The maximum Gasteiger partial charge on any atom is 0.224 e. The van der Waals surface area contributed by atoms with Crippen LogP contribution in [0.1, 0.15) is 48.3 Å². The van der Waals surface area contributed by atoms with Crippen LogP contribution in [0.3, 0.4) is 0 Å². The predicted octanol–water partition coefficient (Wildman–Crippen LogP) is 2.12. The normalized spacial score (nSPS) is 23.0. The van der Waals surface area contributed by atoms with Crippen molar-refractivity contribution in [3.63, 3.8) is 0 Å². The van der Waals surface area contributed by atoms with Crippen molar-refractivity contribution in [2.45, 2.75) is 57.9 Å². The van der Waals surface area contributed by atoms with Crippen molar-refractivity contribution in [2.75, 3.05) is 13.1 Å². The molecule has 6 heteroatoms. The number of nitrogens with one attached hydrogen (secondary N) is 1. The first kappa shape index (κ1) is 15.4. The lowest BCUT2D eigenvalue weighted by Crippen LogP contribution is -2.48. The highest BCUT2D eigenvalue weighted by atomic mass is 16.2. The van der Waals surface area contributed by atoms with Crippen LogP contribution >= 0.6 is 0 Å². The number of piperidine rings is 1. The van der Waals surface area contributed by atoms with Crippen molar-refractivity contribution in [1.82, 2.24) is 24.9 Å². The molecule has 0 bridgehead atoms. The van der Waals surface area contributed by atoms with E-state index in [0.717, 1.165) is 50.2 Å². The number of H-pyrrole nitrogens is 1. The van der Waals surface area contributed by atoms with Crippen LogP contribution in [0, 0.1) is 13.8 Å². The van der Waals surface area contributed by atoms with Crippen molar-refractivity contribution in [3.8, 4) is 0 Å². The number of fused-ring (bicyclic) bond motifs is 2. The molecule has 6 nitrogen and oxygen atoms in total. The van der Waals surface area contributed by atoms with E-state index < -0.39 is 0 Å². The van der Waals surface area contributed by atoms with E-state index in [-0.39, 0.29) is 11.3 Å². The third-order valence-electron chi connectivity index (χ3n) is 5.69. The Labute approximate surface area is 142 Å². The van der Waals surface area contributed by atoms with Gasteiger partial charge in [0.15, 0.2) is 0 Å². The number of aromatic nitrogens is 4. The molecular formula is C18H25N5O. The van der Waals surface area contributed by atoms with Gasteiger partial charge in [-0.2, -0.15) is 10.2 Å². The van der Waals surface area contributed by atoms with Crippen LogP contribution in [0.4, 0.5) is 0 Å². The van der Waals surface area contributed by atoms with Crippen LogP contribution in [0.15, 0.2) is 12.3 Å². The van der Waals surface area contributed by atoms with Gasteiger partial charge < -0.3 is 4.90 Å². The van der Waals surface area contributed by atoms with Crippen LogP contribution in [0.2, 0.25) is 0 Å². The average Bonchev–Trinajstić information content (AvgIpc) is 3.24. The summed E-state index contributed by atoms with van der Waals surface area (Å²) in [7, 11) is 0. The number of nitrogens with zero attached hydrogens (tertiary/aromatic N) is 4. The molecule has 2 aromatic rings. The van der Waals surface area contributed by atoms with Crippen molar-refractivity contribution < 1.29 is 4.79 Å². The van der Waals surface area contributed by atoms with Gasteiger partial charge in [0.25, 0.3) is 0 Å². The maximum atomic E-state index is 12.7. The van der Waals surface area contributed by atoms with Gasteiger partial charge in [0.2, 0.25) is 5.91 Å². The highest BCUT2D eigenvalue weighted by molar-refractivity contribution is 5.76. The molecule has 1 atom stereocenters. The molecule has 1 saturated heterocycles. The van der Waals surface area contributed by atoms with Crippen LogP contribution in [0.25, 0.3) is 0 Å². The van der Waals surface area contributed by atoms with E-state index in [4.69, 9.17) is 0 Å². The molecule has 1 fully saturated rings. The fourth-order valence-corrected chi connectivity index (χ4v) is 4.47. The van der Waals surface area contributed by atoms with Gasteiger partial charge >= 0.3 is 0 Å². The van der Waals surface area contributed by atoms with Crippen LogP contribution in [0.5, 0.6) is 0 Å². The molecule has 3 heterocycles. The number of aromatic amines is 1. The SMILES string of the molecule is Cc1cc(C)n(CCC(=O)N2CCCC3(CCc4cn[nH]c43)C2)n1. The smallest absolute Gasteiger partial charge is 0.224 e. The van der Waals surface area contributed by atoms with E-state index in [1.807, 2.05) is 24.7 Å². The van der Waals surface area contributed by atoms with E-state index in [2.05, 4.69) is 26.3 Å². The number of aryl methyl sites for hydroxylation is 4. The highest BCUT2D eigenvalue weighted by Crippen LogP contribution is 2.43. The summed E-state index contributed by atoms with van der Waals surface area (Å²) in [5.41, 5.74) is 4.85. The van der Waals surface area contributed by atoms with Gasteiger partial charge in [0, 0.05) is 42.9 Å². The summed E-state index contributed by atoms with van der Waals surface area (Å²) in [5, 5.41) is 11.9. The van der Waals surface area contributed by atoms with Crippen molar-refractivity contribution in [1.29, 1.82) is 0 Å². The lowest BCUT2D eigenvalue weighted by molar-refractivity contribution is -0.133. The fourth-order valence-electron chi connectivity index (χ4n) is 4.47. The molecule has 1 aliphatic heterocycles. The number of amides is 1. The number of hydrogen-bond acceptors (Lipinski definition) is 3. The standard InChI is InChI=1S/C18H25N5O/c1-13-10-14(2)23(21-13)9-5-16(24)22-8-3-6-18(12-22)7-4-15-11-19-20-17(15)18/h10-11H,3-9,12H2,1-2H3,(H,19,20). The molecule has 1 spiro atoms. The number of likely N-dealkylation sites (tertiary alicyclic amines) is 1. The predicted molar refractivity (Wildman–Crippen MR) is 90.7 cm³/mol. The van der Waals surface area contributed by atoms with Crippen molar-refractivity contribution in [2.24, 2.45) is 0 Å². The molecule has 0 aromatic carbocycles. The van der Waals surface area contributed by atoms with E-state index in [0.29, 0.717) is 13.0 Å². The number of rotatable bonds is 3. The number of hydrogen-bond donors (Lipinski definition) is 1. The quantitative estimate of drug-likeness (QED) is 0.939. The monoisotopic (exact) mass is 327 g/mol. The molecule has 1 aliphatic carbocycles. The first-order valence-corrected chi connectivity index (χ1v) is 8.89. The van der Waals surface area contributed by atoms with Gasteiger partial charge in [-0.3, -0.25) is 14.6 Å². The molecule has 1 unspecified atom stereocenters. The Bertz CT molecular complexity index is 761. The van der Waals surface area contributed by atoms with Crippen molar-refractivity contribution in [3.05, 3.63) is 34.9 Å². The fraction of sp³-hybridized carbons (Fsp3) is 0.611. The largest absolute Gasteiger partial charge is 0.342 e. The van der Waals surface area contributed by atoms with Gasteiger partial charge in [-0.15, -0.1) is 0 Å². The second-order valence-electron chi connectivity index (χ2n) is 7.37. The minimum absolute atomic E-state index is 0.109. The maximum absolute atomic E-state index is 12.7. The second-order valence-corrected chi connectivity index (χ2v) is 7.37. The molecule has 4 rings (SSSR count). The summed E-state index contributed by atoms with van der Waals surface area (Å²) in [6.45, 7) is 6.40. The average molecular weight is 327 g/mol. The topological polar surface area (TPSA) is 66.8 Å². The van der Waals surface area contributed by atoms with Crippen molar-refractivity contribution >= 4 is 5.91 Å². The van der Waals surface area contributed by atoms with E-state index in [1.165, 1.54) is 11.3 Å². The van der Waals surface area contributed by atoms with Crippen LogP contribution < -0.4 is 0 Å². The summed E-state index contributed by atoms with van der Waals surface area (Å²) in [4.78, 5) is 14.8. The van der Waals surface area contributed by atoms with E-state index in [1.54, 1.807) is 0 Å². The third kappa shape index (κ3) is 2.54. The lowest BCUT2D eigenvalue weighted by Gasteiger charge is -2.40. The van der Waals surface area contributed by atoms with Crippen LogP contribution in [-0.4, -0.2) is 43.9 Å². The Morgan fingerprint density at radius 3 is 3.04 bits per heavy atom. The molecule has 24 heavy (non-hydrogen) atoms. The Balaban J connectivity index is 1.43. The number of carbonyl (C=O) groups is 1.